The van der Waals surface area contributed by atoms with Crippen LogP contribution in [0.3, 0.4) is 0 Å². The zero-order chi connectivity index (χ0) is 12.0. The molecule has 1 aromatic rings. The highest BCUT2D eigenvalue weighted by atomic mass is 79.9. The SMILES string of the molecule is Cn1ccnc(N2C3CCC2CC(Br)C3)c1=O. The van der Waals surface area contributed by atoms with E-state index < -0.39 is 0 Å². The van der Waals surface area contributed by atoms with Crippen LogP contribution in [0.4, 0.5) is 5.82 Å². The van der Waals surface area contributed by atoms with E-state index in [1.807, 2.05) is 0 Å². The number of aryl methyl sites for hydroxylation is 1. The fourth-order valence-electron chi connectivity index (χ4n) is 3.12. The van der Waals surface area contributed by atoms with Crippen molar-refractivity contribution in [1.29, 1.82) is 0 Å². The number of halogens is 1. The van der Waals surface area contributed by atoms with E-state index in [1.54, 1.807) is 24.0 Å². The van der Waals surface area contributed by atoms with Gasteiger partial charge >= 0.3 is 0 Å². The number of fused-ring (bicyclic) bond motifs is 2. The zero-order valence-corrected chi connectivity index (χ0v) is 11.4. The molecule has 0 N–H and O–H groups in total. The van der Waals surface area contributed by atoms with Gasteiger partial charge in [0.1, 0.15) is 0 Å². The van der Waals surface area contributed by atoms with Gasteiger partial charge in [0.05, 0.1) is 0 Å². The van der Waals surface area contributed by atoms with Crippen molar-refractivity contribution in [3.63, 3.8) is 0 Å². The Morgan fingerprint density at radius 1 is 1.35 bits per heavy atom. The average Bonchev–Trinajstić information content (AvgIpc) is 2.55. The van der Waals surface area contributed by atoms with Crippen molar-refractivity contribution in [2.24, 2.45) is 7.05 Å². The Balaban J connectivity index is 2.00. The Labute approximate surface area is 109 Å². The first-order chi connectivity index (χ1) is 8.16. The Kier molecular flexibility index (Phi) is 2.73. The molecule has 2 saturated heterocycles. The molecule has 0 amide bonds. The number of piperidine rings is 1. The minimum Gasteiger partial charge on any atom is -0.346 e. The Hall–Kier alpha value is -0.840. The molecule has 0 aromatic carbocycles. The maximum absolute atomic E-state index is 12.1. The van der Waals surface area contributed by atoms with Crippen LogP contribution in [0.1, 0.15) is 25.7 Å². The molecule has 3 heterocycles. The summed E-state index contributed by atoms with van der Waals surface area (Å²) in [5, 5.41) is 0. The molecule has 2 aliphatic heterocycles. The van der Waals surface area contributed by atoms with Crippen LogP contribution in [0.15, 0.2) is 17.2 Å². The summed E-state index contributed by atoms with van der Waals surface area (Å²) in [5.74, 6) is 0.641. The fourth-order valence-corrected chi connectivity index (χ4v) is 3.98. The van der Waals surface area contributed by atoms with Gasteiger partial charge in [0, 0.05) is 36.4 Å². The molecule has 3 rings (SSSR count). The first-order valence-electron chi connectivity index (χ1n) is 6.11. The summed E-state index contributed by atoms with van der Waals surface area (Å²) in [4.78, 5) is 19.3. The predicted octanol–water partition coefficient (Wildman–Crippen LogP) is 1.68. The van der Waals surface area contributed by atoms with Crippen molar-refractivity contribution in [2.45, 2.75) is 42.6 Å². The lowest BCUT2D eigenvalue weighted by molar-refractivity contribution is 0.476. The van der Waals surface area contributed by atoms with Crippen LogP contribution < -0.4 is 10.5 Å². The van der Waals surface area contributed by atoms with Crippen LogP contribution in [0, 0.1) is 0 Å². The lowest BCUT2D eigenvalue weighted by Gasteiger charge is -2.37. The lowest BCUT2D eigenvalue weighted by Crippen LogP contribution is -2.46. The second kappa shape index (κ2) is 4.12. The molecular formula is C12H16BrN3O. The van der Waals surface area contributed by atoms with Crippen LogP contribution >= 0.6 is 15.9 Å². The van der Waals surface area contributed by atoms with E-state index >= 15 is 0 Å². The molecule has 2 atom stereocenters. The molecule has 0 aliphatic carbocycles. The van der Waals surface area contributed by atoms with Crippen LogP contribution in [0.5, 0.6) is 0 Å². The second-order valence-electron chi connectivity index (χ2n) is 5.03. The number of hydrogen-bond donors (Lipinski definition) is 0. The molecule has 2 unspecified atom stereocenters. The van der Waals surface area contributed by atoms with Gasteiger partial charge in [0.2, 0.25) is 0 Å². The minimum atomic E-state index is 0.0254. The molecule has 0 spiro atoms. The molecule has 0 radical (unpaired) electrons. The predicted molar refractivity (Wildman–Crippen MR) is 70.7 cm³/mol. The van der Waals surface area contributed by atoms with E-state index in [2.05, 4.69) is 25.8 Å². The fraction of sp³-hybridized carbons (Fsp3) is 0.667. The van der Waals surface area contributed by atoms with Crippen LogP contribution in [-0.2, 0) is 7.05 Å². The maximum atomic E-state index is 12.1. The topological polar surface area (TPSA) is 38.1 Å². The highest BCUT2D eigenvalue weighted by molar-refractivity contribution is 9.09. The molecule has 5 heteroatoms. The Morgan fingerprint density at radius 2 is 2.00 bits per heavy atom. The summed E-state index contributed by atoms with van der Waals surface area (Å²) in [7, 11) is 1.78. The Bertz CT molecular complexity index is 473. The summed E-state index contributed by atoms with van der Waals surface area (Å²) < 4.78 is 1.61. The summed E-state index contributed by atoms with van der Waals surface area (Å²) in [6, 6.07) is 0.974. The van der Waals surface area contributed by atoms with Crippen molar-refractivity contribution in [3.05, 3.63) is 22.7 Å². The second-order valence-corrected chi connectivity index (χ2v) is 6.32. The normalized spacial score (nSPS) is 31.9. The number of nitrogens with zero attached hydrogens (tertiary/aromatic N) is 3. The molecule has 1 aromatic heterocycles. The molecule has 2 fully saturated rings. The van der Waals surface area contributed by atoms with Crippen molar-refractivity contribution in [1.82, 2.24) is 9.55 Å². The summed E-state index contributed by atoms with van der Waals surface area (Å²) >= 11 is 3.71. The molecule has 4 nitrogen and oxygen atoms in total. The number of rotatable bonds is 1. The van der Waals surface area contributed by atoms with E-state index in [4.69, 9.17) is 0 Å². The van der Waals surface area contributed by atoms with Gasteiger partial charge in [0.25, 0.3) is 5.56 Å². The highest BCUT2D eigenvalue weighted by Crippen LogP contribution is 2.39. The molecule has 2 bridgehead atoms. The van der Waals surface area contributed by atoms with Gasteiger partial charge in [-0.3, -0.25) is 4.79 Å². The first kappa shape index (κ1) is 11.3. The Morgan fingerprint density at radius 3 is 2.65 bits per heavy atom. The third kappa shape index (κ3) is 1.80. The van der Waals surface area contributed by atoms with E-state index in [1.165, 1.54) is 12.8 Å². The van der Waals surface area contributed by atoms with E-state index in [9.17, 15) is 4.79 Å². The standard InChI is InChI=1S/C12H16BrN3O/c1-15-5-4-14-11(12(15)17)16-9-2-3-10(16)7-8(13)6-9/h4-5,8-10H,2-3,6-7H2,1H3. The molecule has 92 valence electrons. The van der Waals surface area contributed by atoms with Crippen LogP contribution in [-0.4, -0.2) is 26.5 Å². The zero-order valence-electron chi connectivity index (χ0n) is 9.84. The van der Waals surface area contributed by atoms with Crippen molar-refractivity contribution < 1.29 is 0 Å². The van der Waals surface area contributed by atoms with Gasteiger partial charge in [-0.15, -0.1) is 0 Å². The number of hydrogen-bond acceptors (Lipinski definition) is 3. The van der Waals surface area contributed by atoms with Crippen LogP contribution in [0.2, 0.25) is 0 Å². The summed E-state index contributed by atoms with van der Waals surface area (Å²) in [5.41, 5.74) is 0.0254. The lowest BCUT2D eigenvalue weighted by atomic mass is 10.0. The minimum absolute atomic E-state index is 0.0254. The molecular weight excluding hydrogens is 282 g/mol. The van der Waals surface area contributed by atoms with Gasteiger partial charge < -0.3 is 9.47 Å². The van der Waals surface area contributed by atoms with Gasteiger partial charge in [0.15, 0.2) is 5.82 Å². The number of anilines is 1. The summed E-state index contributed by atoms with van der Waals surface area (Å²) in [6.07, 6.45) is 8.05. The van der Waals surface area contributed by atoms with Gasteiger partial charge in [-0.2, -0.15) is 0 Å². The largest absolute Gasteiger partial charge is 0.346 e. The van der Waals surface area contributed by atoms with Crippen molar-refractivity contribution >= 4 is 21.7 Å². The monoisotopic (exact) mass is 297 g/mol. The summed E-state index contributed by atoms with van der Waals surface area (Å²) in [6.45, 7) is 0. The van der Waals surface area contributed by atoms with Gasteiger partial charge in [-0.05, 0) is 25.7 Å². The van der Waals surface area contributed by atoms with Crippen molar-refractivity contribution in [3.8, 4) is 0 Å². The number of aromatic nitrogens is 2. The quantitative estimate of drug-likeness (QED) is 0.740. The van der Waals surface area contributed by atoms with Crippen molar-refractivity contribution in [2.75, 3.05) is 4.90 Å². The first-order valence-corrected chi connectivity index (χ1v) is 7.02. The average molecular weight is 298 g/mol. The molecule has 0 saturated carbocycles. The van der Waals surface area contributed by atoms with E-state index in [-0.39, 0.29) is 5.56 Å². The van der Waals surface area contributed by atoms with Gasteiger partial charge in [-0.1, -0.05) is 15.9 Å². The molecule has 2 aliphatic rings. The number of alkyl halides is 1. The third-order valence-electron chi connectivity index (χ3n) is 3.92. The van der Waals surface area contributed by atoms with E-state index in [0.717, 1.165) is 12.8 Å². The maximum Gasteiger partial charge on any atom is 0.293 e. The highest BCUT2D eigenvalue weighted by Gasteiger charge is 2.41. The molecule has 17 heavy (non-hydrogen) atoms. The smallest absolute Gasteiger partial charge is 0.293 e. The van der Waals surface area contributed by atoms with E-state index in [0.29, 0.717) is 22.7 Å². The van der Waals surface area contributed by atoms with Gasteiger partial charge in [-0.25, -0.2) is 4.98 Å². The third-order valence-corrected chi connectivity index (χ3v) is 4.67. The van der Waals surface area contributed by atoms with Crippen LogP contribution in [0.25, 0.3) is 0 Å².